The van der Waals surface area contributed by atoms with Crippen LogP contribution in [0.1, 0.15) is 13.3 Å². The molecule has 2 amide bonds. The highest BCUT2D eigenvalue weighted by Crippen LogP contribution is 2.37. The van der Waals surface area contributed by atoms with E-state index in [9.17, 15) is 9.59 Å². The monoisotopic (exact) mass is 418 g/mol. The van der Waals surface area contributed by atoms with E-state index in [1.165, 1.54) is 0 Å². The van der Waals surface area contributed by atoms with Gasteiger partial charge >= 0.3 is 0 Å². The number of rotatable bonds is 5. The fraction of sp³-hybridized carbons (Fsp3) is 0.333. The Morgan fingerprint density at radius 3 is 2.68 bits per heavy atom. The first-order valence-electron chi connectivity index (χ1n) is 9.36. The predicted octanol–water partition coefficient (Wildman–Crippen LogP) is 2.71. The molecule has 2 atom stereocenters. The topological polar surface area (TPSA) is 53.9 Å². The van der Waals surface area contributed by atoms with Crippen molar-refractivity contribution in [3.05, 3.63) is 53.6 Å². The molecule has 0 aliphatic carbocycles. The minimum atomic E-state index is -0.168. The van der Waals surface area contributed by atoms with E-state index in [2.05, 4.69) is 18.3 Å². The van der Waals surface area contributed by atoms with Crippen LogP contribution in [0.2, 0.25) is 5.02 Å². The Morgan fingerprint density at radius 1 is 1.18 bits per heavy atom. The molecule has 28 heavy (non-hydrogen) atoms. The third kappa shape index (κ3) is 5.28. The van der Waals surface area contributed by atoms with E-state index in [0.29, 0.717) is 22.5 Å². The second-order valence-corrected chi connectivity index (χ2v) is 8.96. The maximum absolute atomic E-state index is 13.0. The molecule has 0 saturated heterocycles. The smallest absolute Gasteiger partial charge is 0.282 e. The molecule has 0 fully saturated rings. The highest BCUT2D eigenvalue weighted by atomic mass is 35.5. The number of likely N-dealkylation sites (N-methyl/N-ethyl adjacent to an activating group) is 1. The fourth-order valence-electron chi connectivity index (χ4n) is 3.19. The molecule has 0 spiro atoms. The van der Waals surface area contributed by atoms with Gasteiger partial charge < -0.3 is 15.1 Å². The van der Waals surface area contributed by atoms with E-state index in [1.54, 1.807) is 12.1 Å². The van der Waals surface area contributed by atoms with Crippen LogP contribution in [0.3, 0.4) is 0 Å². The molecule has 3 rings (SSSR count). The van der Waals surface area contributed by atoms with Crippen LogP contribution in [0.4, 0.5) is 11.4 Å². The van der Waals surface area contributed by atoms with Gasteiger partial charge in [0.1, 0.15) is 0 Å². The van der Waals surface area contributed by atoms with Crippen molar-refractivity contribution in [3.63, 3.8) is 0 Å². The number of quaternary nitrogens is 1. The Labute approximate surface area is 175 Å². The molecular weight excluding hydrogens is 394 g/mol. The number of anilines is 2. The SMILES string of the molecule is C[C@H]1CCN(C(=O)C[NH+](C)CC(=O)Nc2ccccc2Cl)c2ccccc2S1. The molecule has 0 radical (unpaired) electrons. The number of thioether (sulfide) groups is 1. The summed E-state index contributed by atoms with van der Waals surface area (Å²) in [6, 6.07) is 15.1. The van der Waals surface area contributed by atoms with Gasteiger partial charge in [0.05, 0.1) is 23.4 Å². The second kappa shape index (κ2) is 9.45. The van der Waals surface area contributed by atoms with Crippen molar-refractivity contribution in [1.82, 2.24) is 0 Å². The van der Waals surface area contributed by atoms with Crippen LogP contribution >= 0.6 is 23.4 Å². The normalized spacial score (nSPS) is 17.4. The lowest BCUT2D eigenvalue weighted by Crippen LogP contribution is -3.11. The zero-order chi connectivity index (χ0) is 20.1. The van der Waals surface area contributed by atoms with Crippen molar-refractivity contribution < 1.29 is 14.5 Å². The summed E-state index contributed by atoms with van der Waals surface area (Å²) in [7, 11) is 1.85. The van der Waals surface area contributed by atoms with Crippen molar-refractivity contribution in [3.8, 4) is 0 Å². The summed E-state index contributed by atoms with van der Waals surface area (Å²) in [6.45, 7) is 3.33. The molecule has 0 aromatic heterocycles. The van der Waals surface area contributed by atoms with Crippen LogP contribution in [0.25, 0.3) is 0 Å². The number of hydrogen-bond donors (Lipinski definition) is 2. The van der Waals surface area contributed by atoms with Gasteiger partial charge in [-0.05, 0) is 30.7 Å². The minimum Gasteiger partial charge on any atom is -0.322 e. The summed E-state index contributed by atoms with van der Waals surface area (Å²) in [6.07, 6.45) is 0.942. The zero-order valence-corrected chi connectivity index (χ0v) is 17.6. The third-order valence-electron chi connectivity index (χ3n) is 4.61. The number of nitrogens with zero attached hydrogens (tertiary/aromatic N) is 1. The molecule has 1 aliphatic rings. The van der Waals surface area contributed by atoms with Crippen LogP contribution in [0.15, 0.2) is 53.4 Å². The average molecular weight is 419 g/mol. The summed E-state index contributed by atoms with van der Waals surface area (Å²) in [5.41, 5.74) is 1.55. The first kappa shape index (κ1) is 20.7. The number of benzene rings is 2. The Hall–Kier alpha value is -2.02. The first-order chi connectivity index (χ1) is 13.4. The number of nitrogens with one attached hydrogen (secondary N) is 2. The summed E-state index contributed by atoms with van der Waals surface area (Å²) in [5.74, 6) is -0.135. The summed E-state index contributed by atoms with van der Waals surface area (Å²) >= 11 is 7.89. The Kier molecular flexibility index (Phi) is 6.99. The van der Waals surface area contributed by atoms with E-state index >= 15 is 0 Å². The van der Waals surface area contributed by atoms with Gasteiger partial charge in [0.25, 0.3) is 11.8 Å². The van der Waals surface area contributed by atoms with Gasteiger partial charge in [-0.3, -0.25) is 9.59 Å². The van der Waals surface area contributed by atoms with Gasteiger partial charge in [-0.2, -0.15) is 0 Å². The number of para-hydroxylation sites is 2. The number of halogens is 1. The van der Waals surface area contributed by atoms with Crippen LogP contribution < -0.4 is 15.1 Å². The standard InChI is InChI=1S/C21H24ClN3O2S/c1-15-11-12-25(18-9-5-6-10-19(18)28-15)21(27)14-24(2)13-20(26)23-17-8-4-3-7-16(17)22/h3-10,15H,11-14H2,1-2H3,(H,23,26)/p+1/t15-/m0/s1. The Bertz CT molecular complexity index is 861. The van der Waals surface area contributed by atoms with Crippen molar-refractivity contribution in [1.29, 1.82) is 0 Å². The molecule has 7 heteroatoms. The van der Waals surface area contributed by atoms with Crippen LogP contribution in [0, 0.1) is 0 Å². The zero-order valence-electron chi connectivity index (χ0n) is 16.1. The summed E-state index contributed by atoms with van der Waals surface area (Å²) < 4.78 is 0. The van der Waals surface area contributed by atoms with Crippen LogP contribution in [0.5, 0.6) is 0 Å². The minimum absolute atomic E-state index is 0.0326. The lowest BCUT2D eigenvalue weighted by atomic mass is 10.2. The maximum Gasteiger partial charge on any atom is 0.282 e. The van der Waals surface area contributed by atoms with E-state index in [-0.39, 0.29) is 24.9 Å². The molecule has 2 aromatic carbocycles. The highest BCUT2D eigenvalue weighted by Gasteiger charge is 2.26. The van der Waals surface area contributed by atoms with Crippen LogP contribution in [-0.2, 0) is 9.59 Å². The largest absolute Gasteiger partial charge is 0.322 e. The van der Waals surface area contributed by atoms with E-state index in [4.69, 9.17) is 11.6 Å². The Balaban J connectivity index is 1.61. The molecule has 5 nitrogen and oxygen atoms in total. The first-order valence-corrected chi connectivity index (χ1v) is 10.6. The number of carbonyl (C=O) groups is 2. The van der Waals surface area contributed by atoms with Crippen molar-refractivity contribution in [2.24, 2.45) is 0 Å². The number of fused-ring (bicyclic) bond motifs is 1. The molecule has 1 unspecified atom stereocenters. The van der Waals surface area contributed by atoms with Crippen LogP contribution in [-0.4, -0.2) is 43.7 Å². The highest BCUT2D eigenvalue weighted by molar-refractivity contribution is 8.00. The second-order valence-electron chi connectivity index (χ2n) is 7.07. The van der Waals surface area contributed by atoms with Crippen molar-refractivity contribution in [2.75, 3.05) is 36.9 Å². The van der Waals surface area contributed by atoms with Gasteiger partial charge in [-0.15, -0.1) is 11.8 Å². The van der Waals surface area contributed by atoms with E-state index < -0.39 is 0 Å². The van der Waals surface area contributed by atoms with E-state index in [0.717, 1.165) is 21.9 Å². The number of carbonyl (C=O) groups excluding carboxylic acids is 2. The van der Waals surface area contributed by atoms with Gasteiger partial charge in [0.15, 0.2) is 13.1 Å². The predicted molar refractivity (Wildman–Crippen MR) is 115 cm³/mol. The lowest BCUT2D eigenvalue weighted by Gasteiger charge is -2.24. The molecule has 2 N–H and O–H groups in total. The fourth-order valence-corrected chi connectivity index (χ4v) is 4.49. The third-order valence-corrected chi connectivity index (χ3v) is 6.17. The van der Waals surface area contributed by atoms with Gasteiger partial charge in [0, 0.05) is 16.7 Å². The summed E-state index contributed by atoms with van der Waals surface area (Å²) in [4.78, 5) is 29.1. The molecule has 1 aliphatic heterocycles. The van der Waals surface area contributed by atoms with Crippen molar-refractivity contribution >= 4 is 46.6 Å². The quantitative estimate of drug-likeness (QED) is 0.785. The molecule has 1 heterocycles. The van der Waals surface area contributed by atoms with Gasteiger partial charge in [0.2, 0.25) is 0 Å². The molecule has 148 valence electrons. The summed E-state index contributed by atoms with van der Waals surface area (Å²) in [5, 5.41) is 3.77. The molecule has 0 saturated carbocycles. The molecule has 2 aromatic rings. The average Bonchev–Trinajstić information content (AvgIpc) is 2.81. The lowest BCUT2D eigenvalue weighted by molar-refractivity contribution is -0.862. The van der Waals surface area contributed by atoms with E-state index in [1.807, 2.05) is 54.0 Å². The van der Waals surface area contributed by atoms with Crippen molar-refractivity contribution in [2.45, 2.75) is 23.5 Å². The maximum atomic E-state index is 13.0. The number of hydrogen-bond acceptors (Lipinski definition) is 3. The number of amides is 2. The van der Waals surface area contributed by atoms with Gasteiger partial charge in [-0.1, -0.05) is 42.8 Å². The molecular formula is C21H25ClN3O2S+. The Morgan fingerprint density at radius 2 is 1.89 bits per heavy atom. The molecule has 0 bridgehead atoms. The van der Waals surface area contributed by atoms with Gasteiger partial charge in [-0.25, -0.2) is 0 Å².